The van der Waals surface area contributed by atoms with Gasteiger partial charge in [0.25, 0.3) is 5.91 Å². The Hall–Kier alpha value is -3.64. The Labute approximate surface area is 203 Å². The van der Waals surface area contributed by atoms with E-state index >= 15 is 0 Å². The molecule has 34 heavy (non-hydrogen) atoms. The summed E-state index contributed by atoms with van der Waals surface area (Å²) >= 11 is 1.33. The monoisotopic (exact) mass is 476 g/mol. The van der Waals surface area contributed by atoms with Crippen LogP contribution in [0.2, 0.25) is 0 Å². The van der Waals surface area contributed by atoms with E-state index < -0.39 is 5.91 Å². The Morgan fingerprint density at radius 1 is 1.24 bits per heavy atom. The molecule has 2 aromatic heterocycles. The molecule has 0 aliphatic carbocycles. The van der Waals surface area contributed by atoms with Crippen molar-refractivity contribution in [3.63, 3.8) is 0 Å². The van der Waals surface area contributed by atoms with Crippen LogP contribution in [0.4, 0.5) is 10.3 Å². The van der Waals surface area contributed by atoms with Crippen LogP contribution in [0, 0.1) is 25.2 Å². The van der Waals surface area contributed by atoms with Gasteiger partial charge in [-0.15, -0.1) is 10.2 Å². The van der Waals surface area contributed by atoms with Gasteiger partial charge in [0.15, 0.2) is 0 Å². The van der Waals surface area contributed by atoms with Crippen molar-refractivity contribution in [1.82, 2.24) is 14.8 Å². The molecule has 4 rings (SSSR count). The first kappa shape index (κ1) is 23.5. The number of amides is 1. The molecule has 0 radical (unpaired) electrons. The van der Waals surface area contributed by atoms with Crippen molar-refractivity contribution in [3.05, 3.63) is 58.9 Å². The number of rotatable bonds is 9. The highest BCUT2D eigenvalue weighted by atomic mass is 32.1. The molecular weight excluding hydrogens is 448 g/mol. The second-order valence-corrected chi connectivity index (χ2v) is 9.19. The Bertz CT molecular complexity index is 1220. The third-order valence-electron chi connectivity index (χ3n) is 5.89. The molecule has 1 saturated heterocycles. The molecule has 1 amide bonds. The van der Waals surface area contributed by atoms with E-state index in [1.54, 1.807) is 6.08 Å². The van der Waals surface area contributed by atoms with Crippen molar-refractivity contribution < 1.29 is 9.53 Å². The molecule has 1 aromatic carbocycles. The summed E-state index contributed by atoms with van der Waals surface area (Å²) in [6, 6.07) is 11.8. The Balaban J connectivity index is 1.34. The maximum Gasteiger partial charge on any atom is 0.268 e. The molecule has 1 N–H and O–H groups in total. The van der Waals surface area contributed by atoms with Crippen LogP contribution < -0.4 is 15.0 Å². The summed E-state index contributed by atoms with van der Waals surface area (Å²) in [6.07, 6.45) is 6.61. The SMILES string of the molecule is Cc1cccc(OCCCn2cccc2/C=C(/C#N)C(=O)Nc2nnc(N3CCCC3)s2)c1C. The molecule has 1 aliphatic heterocycles. The van der Waals surface area contributed by atoms with Crippen LogP contribution >= 0.6 is 11.3 Å². The van der Waals surface area contributed by atoms with Gasteiger partial charge in [-0.05, 0) is 68.5 Å². The first-order valence-electron chi connectivity index (χ1n) is 11.4. The second-order valence-electron chi connectivity index (χ2n) is 8.23. The van der Waals surface area contributed by atoms with Gasteiger partial charge in [-0.2, -0.15) is 5.26 Å². The van der Waals surface area contributed by atoms with Crippen LogP contribution in [-0.4, -0.2) is 40.4 Å². The van der Waals surface area contributed by atoms with Gasteiger partial charge in [0.2, 0.25) is 10.3 Å². The number of nitrogens with one attached hydrogen (secondary N) is 1. The largest absolute Gasteiger partial charge is 0.493 e. The third kappa shape index (κ3) is 5.64. The summed E-state index contributed by atoms with van der Waals surface area (Å²) in [6.45, 7) is 7.33. The van der Waals surface area contributed by atoms with Gasteiger partial charge < -0.3 is 14.2 Å². The molecular formula is C25H28N6O2S. The first-order valence-corrected chi connectivity index (χ1v) is 12.2. The van der Waals surface area contributed by atoms with Crippen molar-refractivity contribution in [2.45, 2.75) is 39.7 Å². The fraction of sp³-hybridized carbons (Fsp3) is 0.360. The van der Waals surface area contributed by atoms with Crippen LogP contribution in [0.5, 0.6) is 5.75 Å². The minimum Gasteiger partial charge on any atom is -0.493 e. The number of aryl methyl sites for hydroxylation is 2. The van der Waals surface area contributed by atoms with Gasteiger partial charge in [0.05, 0.1) is 6.61 Å². The van der Waals surface area contributed by atoms with Gasteiger partial charge in [-0.25, -0.2) is 0 Å². The highest BCUT2D eigenvalue weighted by Crippen LogP contribution is 2.27. The lowest BCUT2D eigenvalue weighted by atomic mass is 10.1. The highest BCUT2D eigenvalue weighted by molar-refractivity contribution is 7.19. The summed E-state index contributed by atoms with van der Waals surface area (Å²) in [5.74, 6) is 0.415. The average molecular weight is 477 g/mol. The number of nitrogens with zero attached hydrogens (tertiary/aromatic N) is 5. The van der Waals surface area contributed by atoms with Crippen molar-refractivity contribution >= 4 is 33.6 Å². The molecule has 0 atom stereocenters. The molecule has 0 spiro atoms. The number of aromatic nitrogens is 3. The van der Waals surface area contributed by atoms with E-state index in [-0.39, 0.29) is 5.57 Å². The molecule has 1 aliphatic rings. The number of nitriles is 1. The topological polar surface area (TPSA) is 96.1 Å². The fourth-order valence-electron chi connectivity index (χ4n) is 3.82. The van der Waals surface area contributed by atoms with Gasteiger partial charge >= 0.3 is 0 Å². The third-order valence-corrected chi connectivity index (χ3v) is 6.79. The summed E-state index contributed by atoms with van der Waals surface area (Å²) in [4.78, 5) is 14.8. The van der Waals surface area contributed by atoms with Crippen LogP contribution in [0.3, 0.4) is 0 Å². The minimum atomic E-state index is -0.488. The standard InChI is InChI=1S/C25H28N6O2S/c1-18-8-5-10-22(19(18)2)33-15-7-14-30-13-6-9-21(30)16-20(17-26)23(32)27-24-28-29-25(34-24)31-11-3-4-12-31/h5-6,8-10,13,16H,3-4,7,11-12,14-15H2,1-2H3,(H,27,28,32)/b20-16-. The van der Waals surface area contributed by atoms with E-state index in [0.717, 1.165) is 54.5 Å². The van der Waals surface area contributed by atoms with Crippen molar-refractivity contribution in [1.29, 1.82) is 5.26 Å². The lowest BCUT2D eigenvalue weighted by Crippen LogP contribution is -2.17. The number of hydrogen-bond donors (Lipinski definition) is 1. The zero-order valence-corrected chi connectivity index (χ0v) is 20.3. The van der Waals surface area contributed by atoms with E-state index in [1.165, 1.54) is 16.9 Å². The zero-order valence-electron chi connectivity index (χ0n) is 19.5. The summed E-state index contributed by atoms with van der Waals surface area (Å²) in [7, 11) is 0. The summed E-state index contributed by atoms with van der Waals surface area (Å²) < 4.78 is 7.95. The van der Waals surface area contributed by atoms with Gasteiger partial charge in [-0.3, -0.25) is 10.1 Å². The van der Waals surface area contributed by atoms with E-state index in [1.807, 2.05) is 41.1 Å². The maximum absolute atomic E-state index is 12.7. The number of anilines is 2. The normalized spacial score (nSPS) is 13.7. The zero-order chi connectivity index (χ0) is 23.9. The number of ether oxygens (including phenoxy) is 1. The number of hydrogen-bond acceptors (Lipinski definition) is 7. The Morgan fingerprint density at radius 3 is 2.85 bits per heavy atom. The van der Waals surface area contributed by atoms with E-state index in [9.17, 15) is 10.1 Å². The summed E-state index contributed by atoms with van der Waals surface area (Å²) in [5.41, 5.74) is 3.16. The van der Waals surface area contributed by atoms with E-state index in [0.29, 0.717) is 18.3 Å². The first-order chi connectivity index (χ1) is 16.5. The van der Waals surface area contributed by atoms with Gasteiger partial charge in [-0.1, -0.05) is 23.5 Å². The fourth-order valence-corrected chi connectivity index (χ4v) is 4.61. The second kappa shape index (κ2) is 11.0. The van der Waals surface area contributed by atoms with E-state index in [4.69, 9.17) is 4.74 Å². The molecule has 1 fully saturated rings. The molecule has 3 heterocycles. The van der Waals surface area contributed by atoms with Crippen LogP contribution in [0.1, 0.15) is 36.1 Å². The maximum atomic E-state index is 12.7. The number of benzene rings is 1. The molecule has 8 nitrogen and oxygen atoms in total. The van der Waals surface area contributed by atoms with Crippen LogP contribution in [0.25, 0.3) is 6.08 Å². The molecule has 3 aromatic rings. The quantitative estimate of drug-likeness (QED) is 0.276. The Kier molecular flexibility index (Phi) is 7.60. The molecule has 9 heteroatoms. The minimum absolute atomic E-state index is 0.0181. The van der Waals surface area contributed by atoms with Crippen LogP contribution in [0.15, 0.2) is 42.1 Å². The van der Waals surface area contributed by atoms with Gasteiger partial charge in [0.1, 0.15) is 17.4 Å². The average Bonchev–Trinajstić information content (AvgIpc) is 3.60. The predicted octanol–water partition coefficient (Wildman–Crippen LogP) is 4.57. The lowest BCUT2D eigenvalue weighted by molar-refractivity contribution is -0.112. The molecule has 176 valence electrons. The highest BCUT2D eigenvalue weighted by Gasteiger charge is 2.18. The summed E-state index contributed by atoms with van der Waals surface area (Å²) in [5, 5.41) is 21.7. The van der Waals surface area contributed by atoms with Crippen LogP contribution in [-0.2, 0) is 11.3 Å². The molecule has 0 unspecified atom stereocenters. The predicted molar refractivity (Wildman–Crippen MR) is 134 cm³/mol. The smallest absolute Gasteiger partial charge is 0.268 e. The van der Waals surface area contributed by atoms with Gasteiger partial charge in [0, 0.05) is 31.5 Å². The van der Waals surface area contributed by atoms with Crippen molar-refractivity contribution in [3.8, 4) is 11.8 Å². The van der Waals surface area contributed by atoms with E-state index in [2.05, 4.69) is 40.3 Å². The molecule has 0 bridgehead atoms. The van der Waals surface area contributed by atoms with Crippen molar-refractivity contribution in [2.24, 2.45) is 0 Å². The Morgan fingerprint density at radius 2 is 2.06 bits per heavy atom. The number of carbonyl (C=O) groups excluding carboxylic acids is 1. The van der Waals surface area contributed by atoms with Crippen molar-refractivity contribution in [2.75, 3.05) is 29.9 Å². The lowest BCUT2D eigenvalue weighted by Gasteiger charge is -2.12. The molecule has 0 saturated carbocycles. The number of carbonyl (C=O) groups is 1.